The van der Waals surface area contributed by atoms with Gasteiger partial charge in [0.1, 0.15) is 0 Å². The molecule has 100 valence electrons. The van der Waals surface area contributed by atoms with E-state index in [1.807, 2.05) is 17.1 Å². The van der Waals surface area contributed by atoms with Crippen LogP contribution in [0.5, 0.6) is 0 Å². The van der Waals surface area contributed by atoms with Gasteiger partial charge in [-0.05, 0) is 24.6 Å². The van der Waals surface area contributed by atoms with Gasteiger partial charge in [0.25, 0.3) is 0 Å². The molecule has 1 amide bonds. The summed E-state index contributed by atoms with van der Waals surface area (Å²) in [5, 5.41) is 3.98. The number of hydrazine groups is 1. The van der Waals surface area contributed by atoms with Gasteiger partial charge in [0, 0.05) is 18.9 Å². The Bertz CT molecular complexity index is 723. The first-order valence-electron chi connectivity index (χ1n) is 6.95. The van der Waals surface area contributed by atoms with Crippen LogP contribution in [0.1, 0.15) is 29.7 Å². The van der Waals surface area contributed by atoms with E-state index in [9.17, 15) is 4.79 Å². The smallest absolute Gasteiger partial charge is 0.242 e. The summed E-state index contributed by atoms with van der Waals surface area (Å²) in [4.78, 5) is 12.1. The van der Waals surface area contributed by atoms with Crippen molar-refractivity contribution in [2.24, 2.45) is 0 Å². The summed E-state index contributed by atoms with van der Waals surface area (Å²) in [6.07, 6.45) is 0.970. The number of fused-ring (bicyclic) bond motifs is 5. The fourth-order valence-corrected chi connectivity index (χ4v) is 3.45. The fourth-order valence-electron chi connectivity index (χ4n) is 3.45. The second-order valence-corrected chi connectivity index (χ2v) is 5.59. The summed E-state index contributed by atoms with van der Waals surface area (Å²) in [6.45, 7) is 3.74. The molecule has 0 spiro atoms. The highest BCUT2D eigenvalue weighted by atomic mass is 16.2. The van der Waals surface area contributed by atoms with Crippen LogP contribution in [0.2, 0.25) is 0 Å². The van der Waals surface area contributed by atoms with Gasteiger partial charge >= 0.3 is 0 Å². The number of anilines is 2. The molecule has 2 aliphatic heterocycles. The molecule has 0 bridgehead atoms. The van der Waals surface area contributed by atoms with Crippen LogP contribution in [-0.2, 0) is 11.2 Å². The van der Waals surface area contributed by atoms with E-state index >= 15 is 0 Å². The second-order valence-electron chi connectivity index (χ2n) is 5.59. The van der Waals surface area contributed by atoms with E-state index in [0.717, 1.165) is 17.8 Å². The summed E-state index contributed by atoms with van der Waals surface area (Å²) in [5.41, 5.74) is 6.03. The average molecular weight is 264 g/mol. The maximum Gasteiger partial charge on any atom is 0.242 e. The lowest BCUT2D eigenvalue weighted by atomic mass is 10.0. The van der Waals surface area contributed by atoms with Crippen molar-refractivity contribution in [3.63, 3.8) is 0 Å². The van der Waals surface area contributed by atoms with Crippen LogP contribution < -0.4 is 10.0 Å². The van der Waals surface area contributed by atoms with Crippen LogP contribution in [0.25, 0.3) is 0 Å². The van der Waals surface area contributed by atoms with Gasteiger partial charge in [0.05, 0.1) is 17.4 Å². The number of hydrogen-bond acceptors (Lipinski definition) is 2. The van der Waals surface area contributed by atoms with Gasteiger partial charge in [-0.1, -0.05) is 35.9 Å². The first-order chi connectivity index (χ1) is 9.66. The Morgan fingerprint density at radius 1 is 1.15 bits per heavy atom. The minimum atomic E-state index is 0.0633. The van der Waals surface area contributed by atoms with Crippen molar-refractivity contribution >= 4 is 17.3 Å². The number of para-hydroxylation sites is 1. The van der Waals surface area contributed by atoms with Gasteiger partial charge in [-0.3, -0.25) is 9.80 Å². The number of nitrogens with zero attached hydrogens (tertiary/aromatic N) is 2. The second kappa shape index (κ2) is 3.85. The third kappa shape index (κ3) is 1.38. The summed E-state index contributed by atoms with van der Waals surface area (Å²) in [5.74, 6) is 0.0633. The molecule has 0 saturated carbocycles. The van der Waals surface area contributed by atoms with Crippen LogP contribution in [0.4, 0.5) is 11.4 Å². The van der Waals surface area contributed by atoms with Crippen LogP contribution in [-0.4, -0.2) is 5.91 Å². The molecule has 0 aromatic heterocycles. The summed E-state index contributed by atoms with van der Waals surface area (Å²) in [7, 11) is 0. The topological polar surface area (TPSA) is 23.6 Å². The van der Waals surface area contributed by atoms with Gasteiger partial charge in [-0.15, -0.1) is 0 Å². The third-order valence-corrected chi connectivity index (χ3v) is 4.23. The highest BCUT2D eigenvalue weighted by molar-refractivity contribution is 5.98. The van der Waals surface area contributed by atoms with Crippen molar-refractivity contribution in [2.45, 2.75) is 26.3 Å². The maximum atomic E-state index is 12.1. The third-order valence-electron chi connectivity index (χ3n) is 4.23. The molecule has 4 rings (SSSR count). The van der Waals surface area contributed by atoms with Gasteiger partial charge in [0.2, 0.25) is 5.91 Å². The molecule has 1 atom stereocenters. The van der Waals surface area contributed by atoms with Gasteiger partial charge in [-0.2, -0.15) is 0 Å². The van der Waals surface area contributed by atoms with Crippen molar-refractivity contribution in [3.8, 4) is 0 Å². The van der Waals surface area contributed by atoms with Crippen LogP contribution in [0.3, 0.4) is 0 Å². The van der Waals surface area contributed by atoms with Crippen LogP contribution in [0.15, 0.2) is 42.5 Å². The van der Waals surface area contributed by atoms with Crippen molar-refractivity contribution < 1.29 is 4.79 Å². The minimum Gasteiger partial charge on any atom is -0.273 e. The molecule has 2 aromatic rings. The van der Waals surface area contributed by atoms with Gasteiger partial charge in [-0.25, -0.2) is 5.01 Å². The molecule has 2 heterocycles. The number of carbonyl (C=O) groups is 1. The van der Waals surface area contributed by atoms with E-state index in [1.165, 1.54) is 16.7 Å². The Morgan fingerprint density at radius 3 is 2.75 bits per heavy atom. The van der Waals surface area contributed by atoms with Crippen molar-refractivity contribution in [3.05, 3.63) is 59.2 Å². The van der Waals surface area contributed by atoms with Crippen LogP contribution in [0, 0.1) is 6.92 Å². The highest BCUT2D eigenvalue weighted by Crippen LogP contribution is 2.50. The number of carbonyl (C=O) groups excluding carboxylic acids is 1. The zero-order valence-corrected chi connectivity index (χ0v) is 11.6. The molecule has 3 heteroatoms. The summed E-state index contributed by atoms with van der Waals surface area (Å²) in [6, 6.07) is 14.9. The molecule has 0 saturated heterocycles. The maximum absolute atomic E-state index is 12.1. The molecular weight excluding hydrogens is 248 g/mol. The lowest BCUT2D eigenvalue weighted by Crippen LogP contribution is -2.41. The van der Waals surface area contributed by atoms with E-state index in [0.29, 0.717) is 0 Å². The molecular formula is C17H16N2O. The fraction of sp³-hybridized carbons (Fsp3) is 0.235. The monoisotopic (exact) mass is 264 g/mol. The van der Waals surface area contributed by atoms with E-state index < -0.39 is 0 Å². The quantitative estimate of drug-likeness (QED) is 0.728. The number of hydrogen-bond donors (Lipinski definition) is 0. The molecule has 0 N–H and O–H groups in total. The average Bonchev–Trinajstić information content (AvgIpc) is 2.92. The standard InChI is InChI=1S/C17H16N2O/c1-11-7-8-15-13(9-11)10-17-14-5-3-4-6-16(14)18(12(2)20)19(15)17/h3-9,17H,10H2,1-2H3. The van der Waals surface area contributed by atoms with E-state index in [-0.39, 0.29) is 11.9 Å². The Kier molecular flexibility index (Phi) is 2.22. The molecule has 1 unspecified atom stereocenters. The van der Waals surface area contributed by atoms with E-state index in [1.54, 1.807) is 6.92 Å². The minimum absolute atomic E-state index is 0.0633. The molecule has 0 radical (unpaired) electrons. The lowest BCUT2D eigenvalue weighted by Gasteiger charge is -2.29. The Balaban J connectivity index is 1.92. The normalized spacial score (nSPS) is 18.8. The number of aryl methyl sites for hydroxylation is 1. The first-order valence-corrected chi connectivity index (χ1v) is 6.95. The largest absolute Gasteiger partial charge is 0.273 e. The van der Waals surface area contributed by atoms with Crippen LogP contribution >= 0.6 is 0 Å². The number of benzene rings is 2. The molecule has 3 nitrogen and oxygen atoms in total. The highest BCUT2D eigenvalue weighted by Gasteiger charge is 2.43. The molecule has 0 fully saturated rings. The first kappa shape index (κ1) is 11.5. The lowest BCUT2D eigenvalue weighted by molar-refractivity contribution is -0.116. The summed E-state index contributed by atoms with van der Waals surface area (Å²) < 4.78 is 0. The molecule has 2 aliphatic rings. The predicted octanol–water partition coefficient (Wildman–Crippen LogP) is 3.38. The Morgan fingerprint density at radius 2 is 1.95 bits per heavy atom. The summed E-state index contributed by atoms with van der Waals surface area (Å²) >= 11 is 0. The van der Waals surface area contributed by atoms with Gasteiger partial charge in [0.15, 0.2) is 0 Å². The number of rotatable bonds is 0. The van der Waals surface area contributed by atoms with Gasteiger partial charge < -0.3 is 0 Å². The molecule has 20 heavy (non-hydrogen) atoms. The zero-order valence-electron chi connectivity index (χ0n) is 11.6. The van der Waals surface area contributed by atoms with E-state index in [2.05, 4.69) is 42.3 Å². The van der Waals surface area contributed by atoms with Crippen molar-refractivity contribution in [1.29, 1.82) is 0 Å². The molecule has 0 aliphatic carbocycles. The molecule has 2 aromatic carbocycles. The number of amides is 1. The van der Waals surface area contributed by atoms with Crippen molar-refractivity contribution in [1.82, 2.24) is 0 Å². The Labute approximate surface area is 118 Å². The SMILES string of the molecule is CC(=O)N1c2ccccc2C2Cc3cc(C)ccc3N21. The predicted molar refractivity (Wildman–Crippen MR) is 79.7 cm³/mol. The Hall–Kier alpha value is -2.29. The van der Waals surface area contributed by atoms with E-state index in [4.69, 9.17) is 0 Å². The zero-order chi connectivity index (χ0) is 13.9. The van der Waals surface area contributed by atoms with Crippen molar-refractivity contribution in [2.75, 3.05) is 10.0 Å².